The predicted molar refractivity (Wildman–Crippen MR) is 58.5 cm³/mol. The van der Waals surface area contributed by atoms with Crippen molar-refractivity contribution in [1.82, 2.24) is 9.38 Å². The Bertz CT molecular complexity index is 555. The minimum Gasteiger partial charge on any atom is -0.465 e. The normalized spacial score (nSPS) is 15.3. The van der Waals surface area contributed by atoms with Gasteiger partial charge < -0.3 is 9.14 Å². The number of rotatable bonds is 2. The van der Waals surface area contributed by atoms with Crippen LogP contribution in [0.4, 0.5) is 0 Å². The minimum absolute atomic E-state index is 0.335. The van der Waals surface area contributed by atoms with Gasteiger partial charge in [0, 0.05) is 18.3 Å². The summed E-state index contributed by atoms with van der Waals surface area (Å²) < 4.78 is 6.63. The van der Waals surface area contributed by atoms with E-state index >= 15 is 0 Å². The summed E-state index contributed by atoms with van der Waals surface area (Å²) in [5.74, 6) is 0.254. The van der Waals surface area contributed by atoms with Crippen LogP contribution in [0.3, 0.4) is 0 Å². The zero-order valence-electron chi connectivity index (χ0n) is 9.01. The summed E-state index contributed by atoms with van der Waals surface area (Å²) in [4.78, 5) is 16.1. The second kappa shape index (κ2) is 3.33. The molecule has 2 aromatic rings. The Morgan fingerprint density at radius 3 is 3.06 bits per heavy atom. The second-order valence-corrected chi connectivity index (χ2v) is 4.08. The Balaban J connectivity index is 2.17. The fraction of sp³-hybridized carbons (Fsp3) is 0.333. The van der Waals surface area contributed by atoms with Crippen molar-refractivity contribution in [2.45, 2.75) is 18.8 Å². The molecule has 0 radical (unpaired) electrons. The van der Waals surface area contributed by atoms with Crippen molar-refractivity contribution >= 4 is 11.6 Å². The summed E-state index contributed by atoms with van der Waals surface area (Å²) >= 11 is 0. The summed E-state index contributed by atoms with van der Waals surface area (Å²) in [5, 5.41) is 0. The molecule has 4 heteroatoms. The van der Waals surface area contributed by atoms with Crippen molar-refractivity contribution in [3.8, 4) is 0 Å². The van der Waals surface area contributed by atoms with Gasteiger partial charge in [-0.05, 0) is 25.0 Å². The van der Waals surface area contributed by atoms with E-state index < -0.39 is 0 Å². The van der Waals surface area contributed by atoms with E-state index in [-0.39, 0.29) is 5.97 Å². The number of hydrogen-bond acceptors (Lipinski definition) is 3. The maximum atomic E-state index is 11.5. The van der Waals surface area contributed by atoms with Gasteiger partial charge in [0.25, 0.3) is 0 Å². The molecule has 2 heterocycles. The lowest BCUT2D eigenvalue weighted by Gasteiger charge is -2.00. The van der Waals surface area contributed by atoms with E-state index in [1.807, 2.05) is 22.9 Å². The smallest absolute Gasteiger partial charge is 0.341 e. The number of pyridine rings is 1. The molecule has 1 aliphatic rings. The third-order valence-electron chi connectivity index (χ3n) is 2.90. The van der Waals surface area contributed by atoms with Crippen LogP contribution in [0.1, 0.15) is 34.8 Å². The van der Waals surface area contributed by atoms with Crippen LogP contribution in [0.5, 0.6) is 0 Å². The first-order valence-corrected chi connectivity index (χ1v) is 5.35. The molecule has 0 saturated heterocycles. The van der Waals surface area contributed by atoms with Crippen LogP contribution in [0, 0.1) is 0 Å². The molecule has 0 amide bonds. The summed E-state index contributed by atoms with van der Waals surface area (Å²) in [6, 6.07) is 3.57. The largest absolute Gasteiger partial charge is 0.465 e. The molecule has 1 saturated carbocycles. The summed E-state index contributed by atoms with van der Waals surface area (Å²) in [5.41, 5.74) is 2.30. The highest BCUT2D eigenvalue weighted by molar-refractivity contribution is 5.95. The Morgan fingerprint density at radius 2 is 2.38 bits per heavy atom. The molecule has 0 bridgehead atoms. The van der Waals surface area contributed by atoms with Crippen LogP contribution >= 0.6 is 0 Å². The fourth-order valence-electron chi connectivity index (χ4n) is 1.88. The van der Waals surface area contributed by atoms with Crippen molar-refractivity contribution in [3.63, 3.8) is 0 Å². The van der Waals surface area contributed by atoms with Gasteiger partial charge in [0.05, 0.1) is 12.8 Å². The monoisotopic (exact) mass is 216 g/mol. The Hall–Kier alpha value is -1.84. The van der Waals surface area contributed by atoms with Crippen LogP contribution in [-0.2, 0) is 4.74 Å². The van der Waals surface area contributed by atoms with E-state index in [4.69, 9.17) is 4.74 Å². The summed E-state index contributed by atoms with van der Waals surface area (Å²) in [6.45, 7) is 0. The number of imidazole rings is 1. The summed E-state index contributed by atoms with van der Waals surface area (Å²) in [7, 11) is 1.39. The zero-order chi connectivity index (χ0) is 11.1. The molecule has 0 spiro atoms. The first-order chi connectivity index (χ1) is 7.79. The molecular weight excluding hydrogens is 204 g/mol. The van der Waals surface area contributed by atoms with Crippen molar-refractivity contribution in [2.75, 3.05) is 7.11 Å². The predicted octanol–water partition coefficient (Wildman–Crippen LogP) is 2.00. The maximum Gasteiger partial charge on any atom is 0.341 e. The standard InChI is InChI=1S/C12H12N2O2/c1-16-12(15)9-3-2-6-14-7-10(8-4-5-8)13-11(9)14/h2-3,6-8H,4-5H2,1H3. The molecule has 1 aliphatic carbocycles. The number of fused-ring (bicyclic) bond motifs is 1. The van der Waals surface area contributed by atoms with E-state index in [9.17, 15) is 4.79 Å². The van der Waals surface area contributed by atoms with Gasteiger partial charge in [-0.1, -0.05) is 0 Å². The van der Waals surface area contributed by atoms with Gasteiger partial charge in [-0.25, -0.2) is 9.78 Å². The van der Waals surface area contributed by atoms with Crippen molar-refractivity contribution in [1.29, 1.82) is 0 Å². The maximum absolute atomic E-state index is 11.5. The molecular formula is C12H12N2O2. The zero-order valence-corrected chi connectivity index (χ0v) is 9.01. The lowest BCUT2D eigenvalue weighted by atomic mass is 10.3. The quantitative estimate of drug-likeness (QED) is 0.721. The molecule has 2 aromatic heterocycles. The number of hydrogen-bond donors (Lipinski definition) is 0. The first-order valence-electron chi connectivity index (χ1n) is 5.35. The van der Waals surface area contributed by atoms with Gasteiger partial charge in [0.1, 0.15) is 5.56 Å². The molecule has 0 atom stereocenters. The number of aromatic nitrogens is 2. The van der Waals surface area contributed by atoms with Gasteiger partial charge in [-0.15, -0.1) is 0 Å². The third kappa shape index (κ3) is 1.38. The first kappa shape index (κ1) is 9.39. The van der Waals surface area contributed by atoms with E-state index in [0.717, 1.165) is 5.69 Å². The number of ether oxygens (including phenoxy) is 1. The number of methoxy groups -OCH3 is 1. The molecule has 4 nitrogen and oxygen atoms in total. The van der Waals surface area contributed by atoms with Gasteiger partial charge >= 0.3 is 5.97 Å². The van der Waals surface area contributed by atoms with Crippen LogP contribution < -0.4 is 0 Å². The fourth-order valence-corrected chi connectivity index (χ4v) is 1.88. The van der Waals surface area contributed by atoms with E-state index in [1.165, 1.54) is 20.0 Å². The lowest BCUT2D eigenvalue weighted by molar-refractivity contribution is 0.0602. The highest BCUT2D eigenvalue weighted by Crippen LogP contribution is 2.39. The van der Waals surface area contributed by atoms with E-state index in [1.54, 1.807) is 6.07 Å². The van der Waals surface area contributed by atoms with Gasteiger partial charge in [-0.3, -0.25) is 0 Å². The Labute approximate surface area is 92.9 Å². The Kier molecular flexibility index (Phi) is 1.96. The molecule has 0 N–H and O–H groups in total. The number of carbonyl (C=O) groups excluding carboxylic acids is 1. The van der Waals surface area contributed by atoms with Crippen LogP contribution in [0.15, 0.2) is 24.5 Å². The van der Waals surface area contributed by atoms with E-state index in [2.05, 4.69) is 4.98 Å². The molecule has 1 fully saturated rings. The van der Waals surface area contributed by atoms with Crippen molar-refractivity contribution < 1.29 is 9.53 Å². The van der Waals surface area contributed by atoms with Crippen molar-refractivity contribution in [3.05, 3.63) is 35.8 Å². The highest BCUT2D eigenvalue weighted by atomic mass is 16.5. The minimum atomic E-state index is -0.335. The molecule has 16 heavy (non-hydrogen) atoms. The van der Waals surface area contributed by atoms with Crippen molar-refractivity contribution in [2.24, 2.45) is 0 Å². The molecule has 0 unspecified atom stereocenters. The van der Waals surface area contributed by atoms with Crippen LogP contribution in [0.25, 0.3) is 5.65 Å². The number of esters is 1. The second-order valence-electron chi connectivity index (χ2n) is 4.08. The topological polar surface area (TPSA) is 43.6 Å². The van der Waals surface area contributed by atoms with Gasteiger partial charge in [0.15, 0.2) is 5.65 Å². The molecule has 82 valence electrons. The summed E-state index contributed by atoms with van der Waals surface area (Å²) in [6.07, 6.45) is 6.31. The van der Waals surface area contributed by atoms with Gasteiger partial charge in [0.2, 0.25) is 0 Å². The van der Waals surface area contributed by atoms with Crippen LogP contribution in [0.2, 0.25) is 0 Å². The lowest BCUT2D eigenvalue weighted by Crippen LogP contribution is -2.03. The number of carbonyl (C=O) groups is 1. The van der Waals surface area contributed by atoms with Crippen LogP contribution in [-0.4, -0.2) is 22.5 Å². The van der Waals surface area contributed by atoms with Gasteiger partial charge in [-0.2, -0.15) is 0 Å². The molecule has 3 rings (SSSR count). The molecule has 0 aromatic carbocycles. The van der Waals surface area contributed by atoms with E-state index in [0.29, 0.717) is 17.1 Å². The Morgan fingerprint density at radius 1 is 1.56 bits per heavy atom. The average molecular weight is 216 g/mol. The third-order valence-corrected chi connectivity index (χ3v) is 2.90. The highest BCUT2D eigenvalue weighted by Gasteiger charge is 2.27. The average Bonchev–Trinajstić information content (AvgIpc) is 3.07. The molecule has 0 aliphatic heterocycles. The number of nitrogens with zero attached hydrogens (tertiary/aromatic N) is 2. The SMILES string of the molecule is COC(=O)c1cccn2cc(C3CC3)nc12.